The van der Waals surface area contributed by atoms with E-state index >= 15 is 0 Å². The highest BCUT2D eigenvalue weighted by molar-refractivity contribution is 6.35. The maximum Gasteiger partial charge on any atom is 0.260 e. The van der Waals surface area contributed by atoms with Crippen LogP contribution in [0.15, 0.2) is 41.8 Å². The molecule has 1 aliphatic rings. The highest BCUT2D eigenvalue weighted by atomic mass is 35.5. The molecule has 3 heterocycles. The van der Waals surface area contributed by atoms with Gasteiger partial charge in [0.25, 0.3) is 5.56 Å². The summed E-state index contributed by atoms with van der Waals surface area (Å²) in [4.78, 5) is 39.3. The van der Waals surface area contributed by atoms with Gasteiger partial charge in [0.15, 0.2) is 0 Å². The van der Waals surface area contributed by atoms with Gasteiger partial charge in [-0.25, -0.2) is 4.98 Å². The predicted octanol–water partition coefficient (Wildman–Crippen LogP) is 5.74. The lowest BCUT2D eigenvalue weighted by atomic mass is 10.0. The van der Waals surface area contributed by atoms with Crippen LogP contribution in [0.2, 0.25) is 5.02 Å². The number of halogens is 1. The lowest BCUT2D eigenvalue weighted by Crippen LogP contribution is -2.48. The Kier molecular flexibility index (Phi) is 16.5. The van der Waals surface area contributed by atoms with Gasteiger partial charge in [0, 0.05) is 68.0 Å². The Morgan fingerprint density at radius 3 is 2.35 bits per heavy atom. The van der Waals surface area contributed by atoms with Crippen molar-refractivity contribution in [1.82, 2.24) is 24.3 Å². The molecule has 1 aromatic carbocycles. The number of anilines is 1. The van der Waals surface area contributed by atoms with Gasteiger partial charge in [-0.1, -0.05) is 45.9 Å². The lowest BCUT2D eigenvalue weighted by molar-refractivity contribution is -0.127. The monoisotopic (exact) mass is 658 g/mol. The van der Waals surface area contributed by atoms with E-state index in [4.69, 9.17) is 30.8 Å². The molecule has 0 unspecified atom stereocenters. The quantitative estimate of drug-likeness (QED) is 0.182. The summed E-state index contributed by atoms with van der Waals surface area (Å²) in [5, 5.41) is 4.20. The van der Waals surface area contributed by atoms with E-state index in [-0.39, 0.29) is 17.6 Å². The van der Waals surface area contributed by atoms with Crippen molar-refractivity contribution in [2.75, 3.05) is 65.4 Å². The van der Waals surface area contributed by atoms with E-state index in [1.54, 1.807) is 41.0 Å². The van der Waals surface area contributed by atoms with Crippen molar-refractivity contribution in [2.24, 2.45) is 0 Å². The summed E-state index contributed by atoms with van der Waals surface area (Å²) in [6.45, 7) is 20.6. The summed E-state index contributed by atoms with van der Waals surface area (Å²) in [6, 6.07) is 5.17. The van der Waals surface area contributed by atoms with Crippen LogP contribution in [0.5, 0.6) is 11.5 Å². The Bertz CT molecular complexity index is 1470. The second kappa shape index (κ2) is 19.8. The molecule has 1 aliphatic heterocycles. The summed E-state index contributed by atoms with van der Waals surface area (Å²) < 4.78 is 18.2. The lowest BCUT2D eigenvalue weighted by Gasteiger charge is -2.34. The van der Waals surface area contributed by atoms with Crippen molar-refractivity contribution in [3.05, 3.63) is 52.4 Å². The third kappa shape index (κ3) is 10.2. The number of carbonyl (C=O) groups is 1. The van der Waals surface area contributed by atoms with Gasteiger partial charge in [0.05, 0.1) is 32.0 Å². The number of pyridine rings is 1. The minimum atomic E-state index is -0.228. The number of nitrogens with one attached hydrogen (secondary N) is 1. The van der Waals surface area contributed by atoms with Crippen LogP contribution in [0.3, 0.4) is 0 Å². The molecule has 46 heavy (non-hydrogen) atoms. The fraction of sp³-hybridized carbons (Fsp3) is 0.529. The average molecular weight is 659 g/mol. The van der Waals surface area contributed by atoms with Gasteiger partial charge in [-0.3, -0.25) is 19.1 Å². The highest BCUT2D eigenvalue weighted by Crippen LogP contribution is 2.38. The molecule has 0 radical (unpaired) electrons. The van der Waals surface area contributed by atoms with Crippen molar-refractivity contribution in [1.29, 1.82) is 0 Å². The largest absolute Gasteiger partial charge is 0.497 e. The van der Waals surface area contributed by atoms with E-state index < -0.39 is 0 Å². The molecule has 12 heteroatoms. The minimum Gasteiger partial charge on any atom is -0.497 e. The van der Waals surface area contributed by atoms with Crippen molar-refractivity contribution in [3.63, 3.8) is 0 Å². The number of hydrogen-bond acceptors (Lipinski definition) is 9. The number of methoxy groups -OCH3 is 2. The first kappa shape index (κ1) is 38.5. The maximum absolute atomic E-state index is 14.1. The smallest absolute Gasteiger partial charge is 0.260 e. The third-order valence-corrected chi connectivity index (χ3v) is 7.53. The fourth-order valence-electron chi connectivity index (χ4n) is 4.91. The van der Waals surface area contributed by atoms with Gasteiger partial charge in [-0.15, -0.1) is 0 Å². The first-order valence-electron chi connectivity index (χ1n) is 16.1. The van der Waals surface area contributed by atoms with Gasteiger partial charge in [-0.05, 0) is 45.0 Å². The average Bonchev–Trinajstić information content (AvgIpc) is 3.09. The van der Waals surface area contributed by atoms with Gasteiger partial charge in [0.1, 0.15) is 17.1 Å². The third-order valence-electron chi connectivity index (χ3n) is 7.14. The number of amides is 1. The Morgan fingerprint density at radius 2 is 1.74 bits per heavy atom. The van der Waals surface area contributed by atoms with Crippen molar-refractivity contribution < 1.29 is 19.0 Å². The second-order valence-electron chi connectivity index (χ2n) is 10.2. The second-order valence-corrected chi connectivity index (χ2v) is 10.6. The Hall–Kier alpha value is -3.67. The Labute approximate surface area is 278 Å². The summed E-state index contributed by atoms with van der Waals surface area (Å²) >= 11 is 6.69. The van der Waals surface area contributed by atoms with Crippen LogP contribution < -0.4 is 20.3 Å². The topological polar surface area (TPSA) is 111 Å². The van der Waals surface area contributed by atoms with Crippen LogP contribution in [0.25, 0.3) is 22.2 Å². The SMILES string of the molecule is C=CC(=O)N1CCN(CCCn2c(=O)c(-c3cc(OC)cc(OC)c3Cl)cc3cnc(NCCOC(C)C)nc32)CC1.CC.CC. The van der Waals surface area contributed by atoms with Crippen LogP contribution in [0, 0.1) is 0 Å². The molecule has 2 aromatic heterocycles. The number of aryl methyl sites for hydroxylation is 1. The molecule has 0 bridgehead atoms. The van der Waals surface area contributed by atoms with Crippen LogP contribution in [-0.4, -0.2) is 96.4 Å². The zero-order chi connectivity index (χ0) is 34.2. The van der Waals surface area contributed by atoms with Crippen LogP contribution in [-0.2, 0) is 16.1 Å². The molecular formula is C34H51ClN6O5. The zero-order valence-electron chi connectivity index (χ0n) is 28.7. The zero-order valence-corrected chi connectivity index (χ0v) is 29.4. The van der Waals surface area contributed by atoms with Crippen LogP contribution >= 0.6 is 11.6 Å². The molecule has 0 aliphatic carbocycles. The summed E-state index contributed by atoms with van der Waals surface area (Å²) in [6.07, 6.45) is 3.89. The first-order valence-corrected chi connectivity index (χ1v) is 16.4. The molecule has 1 fully saturated rings. The molecule has 1 amide bonds. The number of nitrogens with zero attached hydrogens (tertiary/aromatic N) is 5. The maximum atomic E-state index is 14.1. The van der Waals surface area contributed by atoms with E-state index in [0.717, 1.165) is 19.6 Å². The number of benzene rings is 1. The Balaban J connectivity index is 0.00000177. The number of carbonyl (C=O) groups excluding carboxylic acids is 1. The van der Waals surface area contributed by atoms with E-state index in [0.29, 0.717) is 83.8 Å². The van der Waals surface area contributed by atoms with E-state index in [1.807, 2.05) is 41.5 Å². The van der Waals surface area contributed by atoms with Crippen molar-refractivity contribution >= 4 is 34.5 Å². The molecule has 3 aromatic rings. The van der Waals surface area contributed by atoms with Gasteiger partial charge in [-0.2, -0.15) is 4.98 Å². The van der Waals surface area contributed by atoms with Gasteiger partial charge >= 0.3 is 0 Å². The van der Waals surface area contributed by atoms with Crippen molar-refractivity contribution in [3.8, 4) is 22.6 Å². The Morgan fingerprint density at radius 1 is 1.04 bits per heavy atom. The van der Waals surface area contributed by atoms with E-state index in [9.17, 15) is 9.59 Å². The molecule has 11 nitrogen and oxygen atoms in total. The number of fused-ring (bicyclic) bond motifs is 1. The number of piperazine rings is 1. The van der Waals surface area contributed by atoms with Crippen molar-refractivity contribution in [2.45, 2.75) is 60.6 Å². The van der Waals surface area contributed by atoms with Gasteiger partial charge < -0.3 is 24.4 Å². The molecule has 0 spiro atoms. The molecule has 4 rings (SSSR count). The number of ether oxygens (including phenoxy) is 3. The molecule has 1 saturated heterocycles. The minimum absolute atomic E-state index is 0.0443. The van der Waals surface area contributed by atoms with E-state index in [2.05, 4.69) is 21.8 Å². The van der Waals surface area contributed by atoms with Crippen LogP contribution in [0.4, 0.5) is 5.95 Å². The fourth-order valence-corrected chi connectivity index (χ4v) is 5.20. The summed E-state index contributed by atoms with van der Waals surface area (Å²) in [7, 11) is 3.07. The van der Waals surface area contributed by atoms with Crippen LogP contribution in [0.1, 0.15) is 48.0 Å². The number of rotatable bonds is 13. The number of aromatic nitrogens is 3. The molecule has 0 atom stereocenters. The first-order chi connectivity index (χ1) is 22.2. The molecule has 254 valence electrons. The standard InChI is InChI=1S/C30H39ClN6O5.2C2H6/c1-6-26(38)36-13-11-35(12-14-36)9-7-10-37-28-21(19-33-30(34-28)32-8-15-42-20(2)3)16-24(29(37)39)23-17-22(40-4)18-25(41-5)27(23)31;2*1-2/h6,16-20H,1,7-15H2,2-5H3,(H,32,33,34);2*1-2H3. The number of hydrogen-bond donors (Lipinski definition) is 1. The molecule has 0 saturated carbocycles. The molecular weight excluding hydrogens is 608 g/mol. The normalized spacial score (nSPS) is 13.0. The predicted molar refractivity (Wildman–Crippen MR) is 187 cm³/mol. The summed E-state index contributed by atoms with van der Waals surface area (Å²) in [5.41, 5.74) is 1.20. The molecule has 1 N–H and O–H groups in total. The van der Waals surface area contributed by atoms with Gasteiger partial charge in [0.2, 0.25) is 11.9 Å². The highest BCUT2D eigenvalue weighted by Gasteiger charge is 2.21. The summed E-state index contributed by atoms with van der Waals surface area (Å²) in [5.74, 6) is 1.30. The van der Waals surface area contributed by atoms with E-state index in [1.165, 1.54) is 13.2 Å².